The zero-order chi connectivity index (χ0) is 11.1. The highest BCUT2D eigenvalue weighted by Gasteiger charge is 2.09. The Morgan fingerprint density at radius 2 is 2.07 bits per heavy atom. The van der Waals surface area contributed by atoms with E-state index in [9.17, 15) is 4.79 Å². The highest BCUT2D eigenvalue weighted by atomic mass is 16.3. The minimum absolute atomic E-state index is 0.0645. The van der Waals surface area contributed by atoms with Crippen molar-refractivity contribution in [3.63, 3.8) is 0 Å². The highest BCUT2D eigenvalue weighted by Crippen LogP contribution is 2.11. The summed E-state index contributed by atoms with van der Waals surface area (Å²) in [5.41, 5.74) is 0.846. The maximum atomic E-state index is 11.6. The van der Waals surface area contributed by atoms with Gasteiger partial charge in [-0.15, -0.1) is 0 Å². The maximum absolute atomic E-state index is 11.6. The topological polar surface area (TPSA) is 53.4 Å². The summed E-state index contributed by atoms with van der Waals surface area (Å²) in [4.78, 5) is 17.1. The van der Waals surface area contributed by atoms with Crippen LogP contribution in [-0.4, -0.2) is 29.7 Å². The van der Waals surface area contributed by atoms with Crippen LogP contribution in [0.15, 0.2) is 24.5 Å². The van der Waals surface area contributed by atoms with Crippen LogP contribution >= 0.6 is 0 Å². The molecule has 82 valence electrons. The fraction of sp³-hybridized carbons (Fsp3) is 0.455. The van der Waals surface area contributed by atoms with Crippen molar-refractivity contribution in [1.29, 1.82) is 0 Å². The van der Waals surface area contributed by atoms with E-state index < -0.39 is 0 Å². The second-order valence-electron chi connectivity index (χ2n) is 3.34. The number of nitrogens with zero attached hydrogens (tertiary/aromatic N) is 2. The van der Waals surface area contributed by atoms with Gasteiger partial charge in [0.2, 0.25) is 5.91 Å². The Balaban J connectivity index is 2.46. The smallest absolute Gasteiger partial charge is 0.226 e. The molecular formula is C11H16N2O2. The van der Waals surface area contributed by atoms with Crippen LogP contribution in [0.25, 0.3) is 0 Å². The van der Waals surface area contributed by atoms with E-state index in [1.807, 2.05) is 0 Å². The van der Waals surface area contributed by atoms with Gasteiger partial charge in [0.1, 0.15) is 0 Å². The molecule has 1 aromatic heterocycles. The molecule has 0 fully saturated rings. The molecule has 0 spiro atoms. The summed E-state index contributed by atoms with van der Waals surface area (Å²) < 4.78 is 0. The molecule has 1 heterocycles. The summed E-state index contributed by atoms with van der Waals surface area (Å²) in [6, 6.07) is 3.59. The van der Waals surface area contributed by atoms with Gasteiger partial charge in [0.05, 0.1) is 0 Å². The van der Waals surface area contributed by atoms with Crippen molar-refractivity contribution in [3.8, 4) is 0 Å². The molecule has 1 N–H and O–H groups in total. The van der Waals surface area contributed by atoms with Crippen molar-refractivity contribution in [2.24, 2.45) is 0 Å². The van der Waals surface area contributed by atoms with Crippen LogP contribution in [-0.2, 0) is 4.79 Å². The SMILES string of the molecule is CN(C(=O)CCCCO)c1ccncc1. The Morgan fingerprint density at radius 3 is 2.67 bits per heavy atom. The molecule has 0 aliphatic heterocycles. The quantitative estimate of drug-likeness (QED) is 0.740. The lowest BCUT2D eigenvalue weighted by Crippen LogP contribution is -2.25. The number of hydrogen-bond acceptors (Lipinski definition) is 3. The number of carbonyl (C=O) groups excluding carboxylic acids is 1. The molecule has 0 radical (unpaired) electrons. The van der Waals surface area contributed by atoms with Gasteiger partial charge >= 0.3 is 0 Å². The van der Waals surface area contributed by atoms with Crippen LogP contribution in [0.1, 0.15) is 19.3 Å². The maximum Gasteiger partial charge on any atom is 0.226 e. The molecular weight excluding hydrogens is 192 g/mol. The fourth-order valence-electron chi connectivity index (χ4n) is 1.27. The summed E-state index contributed by atoms with van der Waals surface area (Å²) in [6.45, 7) is 0.145. The largest absolute Gasteiger partial charge is 0.396 e. The third kappa shape index (κ3) is 3.67. The lowest BCUT2D eigenvalue weighted by atomic mass is 10.2. The summed E-state index contributed by atoms with van der Waals surface area (Å²) in [5.74, 6) is 0.0645. The van der Waals surface area contributed by atoms with Gasteiger partial charge in [-0.1, -0.05) is 0 Å². The molecule has 15 heavy (non-hydrogen) atoms. The minimum atomic E-state index is 0.0645. The first kappa shape index (κ1) is 11.7. The van der Waals surface area contributed by atoms with Crippen LogP contribution in [0.2, 0.25) is 0 Å². The zero-order valence-corrected chi connectivity index (χ0v) is 8.89. The molecule has 1 rings (SSSR count). The lowest BCUT2D eigenvalue weighted by molar-refractivity contribution is -0.118. The predicted octanol–water partition coefficient (Wildman–Crippen LogP) is 1.21. The van der Waals surface area contributed by atoms with Gasteiger partial charge in [-0.3, -0.25) is 9.78 Å². The second kappa shape index (κ2) is 6.14. The van der Waals surface area contributed by atoms with Gasteiger partial charge in [0.25, 0.3) is 0 Å². The Labute approximate surface area is 89.6 Å². The lowest BCUT2D eigenvalue weighted by Gasteiger charge is -2.16. The number of aliphatic hydroxyl groups is 1. The number of unbranched alkanes of at least 4 members (excludes halogenated alkanes) is 1. The molecule has 0 aromatic carbocycles. The van der Waals surface area contributed by atoms with Crippen LogP contribution < -0.4 is 4.90 Å². The number of pyridine rings is 1. The average Bonchev–Trinajstić information content (AvgIpc) is 2.29. The van der Waals surface area contributed by atoms with E-state index in [1.165, 1.54) is 0 Å². The Kier molecular flexibility index (Phi) is 4.77. The van der Waals surface area contributed by atoms with E-state index in [0.29, 0.717) is 12.8 Å². The third-order valence-corrected chi connectivity index (χ3v) is 2.22. The van der Waals surface area contributed by atoms with Gasteiger partial charge in [0.15, 0.2) is 0 Å². The van der Waals surface area contributed by atoms with Crippen LogP contribution in [0.3, 0.4) is 0 Å². The fourth-order valence-corrected chi connectivity index (χ4v) is 1.27. The normalized spacial score (nSPS) is 10.0. The van der Waals surface area contributed by atoms with Crippen molar-refractivity contribution in [2.45, 2.75) is 19.3 Å². The first-order chi connectivity index (χ1) is 7.25. The van der Waals surface area contributed by atoms with Crippen LogP contribution in [0.5, 0.6) is 0 Å². The second-order valence-corrected chi connectivity index (χ2v) is 3.34. The van der Waals surface area contributed by atoms with Gasteiger partial charge in [-0.25, -0.2) is 0 Å². The molecule has 1 aromatic rings. The Bertz CT molecular complexity index is 301. The van der Waals surface area contributed by atoms with Crippen LogP contribution in [0.4, 0.5) is 5.69 Å². The first-order valence-corrected chi connectivity index (χ1v) is 5.03. The number of amides is 1. The van der Waals surface area contributed by atoms with E-state index >= 15 is 0 Å². The number of rotatable bonds is 5. The van der Waals surface area contributed by atoms with Gasteiger partial charge in [-0.05, 0) is 25.0 Å². The zero-order valence-electron chi connectivity index (χ0n) is 8.89. The summed E-state index contributed by atoms with van der Waals surface area (Å²) in [5, 5.41) is 8.60. The molecule has 4 nitrogen and oxygen atoms in total. The Morgan fingerprint density at radius 1 is 1.40 bits per heavy atom. The molecule has 0 atom stereocenters. The van der Waals surface area contributed by atoms with Crippen molar-refractivity contribution in [1.82, 2.24) is 4.98 Å². The highest BCUT2D eigenvalue weighted by molar-refractivity contribution is 5.92. The van der Waals surface area contributed by atoms with E-state index in [0.717, 1.165) is 12.1 Å². The molecule has 4 heteroatoms. The van der Waals surface area contributed by atoms with E-state index in [-0.39, 0.29) is 12.5 Å². The van der Waals surface area contributed by atoms with Gasteiger partial charge in [0, 0.05) is 38.2 Å². The number of hydrogen-bond donors (Lipinski definition) is 1. The number of aliphatic hydroxyl groups excluding tert-OH is 1. The molecule has 0 saturated carbocycles. The molecule has 0 bridgehead atoms. The minimum Gasteiger partial charge on any atom is -0.396 e. The van der Waals surface area contributed by atoms with Gasteiger partial charge < -0.3 is 10.0 Å². The molecule has 0 aliphatic carbocycles. The number of aromatic nitrogens is 1. The summed E-state index contributed by atoms with van der Waals surface area (Å²) in [7, 11) is 1.75. The number of carbonyl (C=O) groups is 1. The molecule has 0 aliphatic rings. The predicted molar refractivity (Wildman–Crippen MR) is 58.6 cm³/mol. The van der Waals surface area contributed by atoms with E-state index in [1.54, 1.807) is 36.5 Å². The number of anilines is 1. The molecule has 1 amide bonds. The first-order valence-electron chi connectivity index (χ1n) is 5.03. The van der Waals surface area contributed by atoms with E-state index in [4.69, 9.17) is 5.11 Å². The standard InChI is InChI=1S/C11H16N2O2/c1-13(10-5-7-12-8-6-10)11(15)4-2-3-9-14/h5-8,14H,2-4,9H2,1H3. The van der Waals surface area contributed by atoms with Crippen molar-refractivity contribution >= 4 is 11.6 Å². The third-order valence-electron chi connectivity index (χ3n) is 2.22. The summed E-state index contributed by atoms with van der Waals surface area (Å²) >= 11 is 0. The van der Waals surface area contributed by atoms with Crippen molar-refractivity contribution in [3.05, 3.63) is 24.5 Å². The summed E-state index contributed by atoms with van der Waals surface area (Å²) in [6.07, 6.45) is 5.19. The van der Waals surface area contributed by atoms with Crippen molar-refractivity contribution < 1.29 is 9.90 Å². The van der Waals surface area contributed by atoms with Gasteiger partial charge in [-0.2, -0.15) is 0 Å². The molecule has 0 saturated heterocycles. The Hall–Kier alpha value is -1.42. The van der Waals surface area contributed by atoms with E-state index in [2.05, 4.69) is 4.98 Å². The monoisotopic (exact) mass is 208 g/mol. The molecule has 0 unspecified atom stereocenters. The van der Waals surface area contributed by atoms with Crippen molar-refractivity contribution in [2.75, 3.05) is 18.6 Å². The van der Waals surface area contributed by atoms with Crippen LogP contribution in [0, 0.1) is 0 Å². The average molecular weight is 208 g/mol.